The van der Waals surface area contributed by atoms with Gasteiger partial charge in [0.1, 0.15) is 5.54 Å². The van der Waals surface area contributed by atoms with Crippen molar-refractivity contribution in [3.63, 3.8) is 0 Å². The van der Waals surface area contributed by atoms with Gasteiger partial charge in [0.25, 0.3) is 0 Å². The van der Waals surface area contributed by atoms with E-state index < -0.39 is 5.54 Å². The normalized spacial score (nSPS) is 14.5. The summed E-state index contributed by atoms with van der Waals surface area (Å²) >= 11 is 1.68. The van der Waals surface area contributed by atoms with E-state index in [-0.39, 0.29) is 17.3 Å². The van der Waals surface area contributed by atoms with Gasteiger partial charge in [-0.1, -0.05) is 42.5 Å². The molecule has 6 heteroatoms. The quantitative estimate of drug-likeness (QED) is 0.0864. The van der Waals surface area contributed by atoms with Crippen molar-refractivity contribution in [3.05, 3.63) is 113 Å². The van der Waals surface area contributed by atoms with Gasteiger partial charge in [-0.15, -0.1) is 11.8 Å². The minimum atomic E-state index is -0.782. The second-order valence-electron chi connectivity index (χ2n) is 11.6. The van der Waals surface area contributed by atoms with E-state index in [4.69, 9.17) is 4.99 Å². The van der Waals surface area contributed by atoms with E-state index in [1.54, 1.807) is 18.7 Å². The number of aliphatic imine (C=N–C) groups is 1. The van der Waals surface area contributed by atoms with Gasteiger partial charge in [-0.2, -0.15) is 0 Å². The van der Waals surface area contributed by atoms with Crippen molar-refractivity contribution in [1.29, 1.82) is 0 Å². The molecule has 1 aliphatic carbocycles. The Morgan fingerprint density at radius 3 is 2.09 bits per heavy atom. The summed E-state index contributed by atoms with van der Waals surface area (Å²) in [5.41, 5.74) is 4.49. The number of rotatable bonds is 11. The largest absolute Gasteiger partial charge is 0.341 e. The number of aryl methyl sites for hydroxylation is 2. The van der Waals surface area contributed by atoms with E-state index in [1.807, 2.05) is 85.8 Å². The van der Waals surface area contributed by atoms with E-state index in [0.717, 1.165) is 45.2 Å². The molecule has 0 atom stereocenters. The van der Waals surface area contributed by atoms with Crippen LogP contribution in [-0.4, -0.2) is 38.9 Å². The number of aromatic nitrogens is 1. The molecule has 0 saturated heterocycles. The molecule has 222 valence electrons. The molecule has 1 heterocycles. The fraction of sp³-hybridized carbons (Fsp3) is 0.263. The lowest BCUT2D eigenvalue weighted by atomic mass is 9.74. The first-order chi connectivity index (χ1) is 21.3. The third-order valence-electron chi connectivity index (χ3n) is 8.89. The SMILES string of the molecule is CCn1c2ccc(C(=O)C(CCSc3ccccc3)=NC3(C(C)=O)CCC3)cc2c2cc(C(=O)c3ccccc3C)ccc21. The molecule has 1 fully saturated rings. The Balaban J connectivity index is 1.40. The van der Waals surface area contributed by atoms with Crippen LogP contribution in [0.15, 0.2) is 101 Å². The van der Waals surface area contributed by atoms with Crippen molar-refractivity contribution in [2.45, 2.75) is 63.4 Å². The molecule has 1 aliphatic rings. The predicted octanol–water partition coefficient (Wildman–Crippen LogP) is 8.67. The van der Waals surface area contributed by atoms with Crippen LogP contribution in [0.4, 0.5) is 0 Å². The Kier molecular flexibility index (Phi) is 8.37. The molecule has 0 bridgehead atoms. The van der Waals surface area contributed by atoms with Gasteiger partial charge < -0.3 is 4.57 Å². The molecule has 4 aromatic carbocycles. The lowest BCUT2D eigenvalue weighted by molar-refractivity contribution is -0.124. The first-order valence-corrected chi connectivity index (χ1v) is 16.3. The maximum Gasteiger partial charge on any atom is 0.206 e. The molecule has 0 amide bonds. The zero-order valence-corrected chi connectivity index (χ0v) is 26.2. The number of thioether (sulfide) groups is 1. The summed E-state index contributed by atoms with van der Waals surface area (Å²) in [4.78, 5) is 46.4. The summed E-state index contributed by atoms with van der Waals surface area (Å²) in [6, 6.07) is 29.4. The highest BCUT2D eigenvalue weighted by molar-refractivity contribution is 7.99. The summed E-state index contributed by atoms with van der Waals surface area (Å²) in [6.07, 6.45) is 2.78. The molecule has 1 saturated carbocycles. The van der Waals surface area contributed by atoms with Gasteiger partial charge in [0.2, 0.25) is 5.78 Å². The van der Waals surface area contributed by atoms with Crippen molar-refractivity contribution in [2.24, 2.45) is 4.99 Å². The maximum atomic E-state index is 14.2. The van der Waals surface area contributed by atoms with E-state index in [2.05, 4.69) is 23.6 Å². The van der Waals surface area contributed by atoms with Crippen LogP contribution in [0.2, 0.25) is 0 Å². The molecule has 6 rings (SSSR count). The van der Waals surface area contributed by atoms with Crippen LogP contribution in [0.3, 0.4) is 0 Å². The molecule has 0 aliphatic heterocycles. The molecule has 0 radical (unpaired) electrons. The van der Waals surface area contributed by atoms with Crippen molar-refractivity contribution in [3.8, 4) is 0 Å². The summed E-state index contributed by atoms with van der Waals surface area (Å²) in [5.74, 6) is 0.550. The van der Waals surface area contributed by atoms with Crippen LogP contribution >= 0.6 is 11.8 Å². The fourth-order valence-corrected chi connectivity index (χ4v) is 7.07. The van der Waals surface area contributed by atoms with E-state index in [9.17, 15) is 14.4 Å². The number of ketones is 3. The third-order valence-corrected chi connectivity index (χ3v) is 9.91. The highest BCUT2D eigenvalue weighted by Gasteiger charge is 2.42. The molecular formula is C38H36N2O3S. The fourth-order valence-electron chi connectivity index (χ4n) is 6.19. The number of nitrogens with zero attached hydrogens (tertiary/aromatic N) is 2. The van der Waals surface area contributed by atoms with Gasteiger partial charge in [0.05, 0.1) is 5.71 Å². The lowest BCUT2D eigenvalue weighted by Crippen LogP contribution is -2.43. The highest BCUT2D eigenvalue weighted by atomic mass is 32.2. The second kappa shape index (κ2) is 12.4. The summed E-state index contributed by atoms with van der Waals surface area (Å²) in [5, 5.41) is 1.86. The van der Waals surface area contributed by atoms with Crippen molar-refractivity contribution in [1.82, 2.24) is 4.57 Å². The number of fused-ring (bicyclic) bond motifs is 3. The number of carbonyl (C=O) groups is 3. The van der Waals surface area contributed by atoms with Crippen LogP contribution < -0.4 is 0 Å². The van der Waals surface area contributed by atoms with Gasteiger partial charge in [0.15, 0.2) is 11.6 Å². The van der Waals surface area contributed by atoms with Crippen LogP contribution in [0.5, 0.6) is 0 Å². The second-order valence-corrected chi connectivity index (χ2v) is 12.8. The highest BCUT2D eigenvalue weighted by Crippen LogP contribution is 2.38. The molecule has 0 spiro atoms. The zero-order chi connectivity index (χ0) is 30.8. The number of Topliss-reactive ketones (excluding diaryl/α,β-unsaturated/α-hetero) is 2. The first kappa shape index (κ1) is 29.8. The average Bonchev–Trinajstić information content (AvgIpc) is 3.34. The molecule has 44 heavy (non-hydrogen) atoms. The Labute approximate surface area is 262 Å². The van der Waals surface area contributed by atoms with Crippen LogP contribution in [0, 0.1) is 6.92 Å². The van der Waals surface area contributed by atoms with Crippen LogP contribution in [-0.2, 0) is 11.3 Å². The zero-order valence-electron chi connectivity index (χ0n) is 25.4. The summed E-state index contributed by atoms with van der Waals surface area (Å²) in [6.45, 7) is 6.39. The third kappa shape index (κ3) is 5.55. The van der Waals surface area contributed by atoms with Gasteiger partial charge in [0, 0.05) is 62.1 Å². The minimum Gasteiger partial charge on any atom is -0.341 e. The number of hydrogen-bond acceptors (Lipinski definition) is 5. The smallest absolute Gasteiger partial charge is 0.206 e. The lowest BCUT2D eigenvalue weighted by Gasteiger charge is -2.36. The number of hydrogen-bond donors (Lipinski definition) is 0. The number of benzene rings is 4. The molecule has 1 aromatic heterocycles. The molecule has 0 unspecified atom stereocenters. The van der Waals surface area contributed by atoms with Gasteiger partial charge in [-0.3, -0.25) is 19.4 Å². The summed E-state index contributed by atoms with van der Waals surface area (Å²) < 4.78 is 2.21. The Morgan fingerprint density at radius 1 is 0.841 bits per heavy atom. The van der Waals surface area contributed by atoms with Crippen molar-refractivity contribution in [2.75, 3.05) is 5.75 Å². The molecule has 5 nitrogen and oxygen atoms in total. The Bertz CT molecular complexity index is 1930. The van der Waals surface area contributed by atoms with Gasteiger partial charge in [-0.25, -0.2) is 0 Å². The van der Waals surface area contributed by atoms with Crippen LogP contribution in [0.25, 0.3) is 21.8 Å². The summed E-state index contributed by atoms with van der Waals surface area (Å²) in [7, 11) is 0. The van der Waals surface area contributed by atoms with Crippen LogP contribution in [0.1, 0.15) is 71.4 Å². The minimum absolute atomic E-state index is 0.0185. The van der Waals surface area contributed by atoms with E-state index in [0.29, 0.717) is 47.4 Å². The monoisotopic (exact) mass is 600 g/mol. The standard InChI is InChI=1S/C38H36N2O3S/c1-4-40-34-17-15-27(36(42)30-14-9-8-11-25(30)2)23-31(34)32-24-28(16-18-35(32)40)37(43)33(39-38(26(3)41)20-10-21-38)19-22-44-29-12-6-5-7-13-29/h5-9,11-18,23-24H,4,10,19-22H2,1-3H3. The molecule has 0 N–H and O–H groups in total. The van der Waals surface area contributed by atoms with E-state index in [1.165, 1.54) is 0 Å². The van der Waals surface area contributed by atoms with Gasteiger partial charge in [-0.05, 0) is 94.1 Å². The maximum absolute atomic E-state index is 14.2. The van der Waals surface area contributed by atoms with Crippen molar-refractivity contribution >= 4 is 56.6 Å². The molecular weight excluding hydrogens is 564 g/mol. The first-order valence-electron chi connectivity index (χ1n) is 15.3. The predicted molar refractivity (Wildman–Crippen MR) is 181 cm³/mol. The Hall–Kier alpha value is -4.29. The number of carbonyl (C=O) groups excluding carboxylic acids is 3. The van der Waals surface area contributed by atoms with Gasteiger partial charge >= 0.3 is 0 Å². The van der Waals surface area contributed by atoms with E-state index >= 15 is 0 Å². The average molecular weight is 601 g/mol. The van der Waals surface area contributed by atoms with Crippen molar-refractivity contribution < 1.29 is 14.4 Å². The molecule has 5 aromatic rings. The Morgan fingerprint density at radius 2 is 1.48 bits per heavy atom. The topological polar surface area (TPSA) is 68.5 Å².